The first-order valence-corrected chi connectivity index (χ1v) is 5.41. The van der Waals surface area contributed by atoms with Crippen molar-refractivity contribution in [1.29, 1.82) is 0 Å². The fourth-order valence-corrected chi connectivity index (χ4v) is 1.60. The summed E-state index contributed by atoms with van der Waals surface area (Å²) in [6, 6.07) is 0. The fraction of sp³-hybridized carbons (Fsp3) is 0.400. The zero-order chi connectivity index (χ0) is 9.68. The molecule has 0 aromatic heterocycles. The summed E-state index contributed by atoms with van der Waals surface area (Å²) in [6.07, 6.45) is 4.46. The third-order valence-corrected chi connectivity index (χ3v) is 2.60. The lowest BCUT2D eigenvalue weighted by molar-refractivity contribution is 0.583. The van der Waals surface area contributed by atoms with Gasteiger partial charge in [-0.3, -0.25) is 0 Å². The Morgan fingerprint density at radius 3 is 2.92 bits per heavy atom. The van der Waals surface area contributed by atoms with Gasteiger partial charge >= 0.3 is 0 Å². The lowest BCUT2D eigenvalue weighted by atomic mass is 10.0. The lowest BCUT2D eigenvalue weighted by Crippen LogP contribution is -2.03. The van der Waals surface area contributed by atoms with Gasteiger partial charge in [0.05, 0.1) is 0 Å². The molecule has 72 valence electrons. The first-order valence-electron chi connectivity index (χ1n) is 4.37. The maximum absolute atomic E-state index is 12.6. The highest BCUT2D eigenvalue weighted by atomic mass is 32.2. The first-order chi connectivity index (χ1) is 6.24. The van der Waals surface area contributed by atoms with Gasteiger partial charge in [0.2, 0.25) is 0 Å². The monoisotopic (exact) mass is 199 g/mol. The van der Waals surface area contributed by atoms with Crippen molar-refractivity contribution in [1.82, 2.24) is 0 Å². The van der Waals surface area contributed by atoms with Crippen molar-refractivity contribution in [2.24, 2.45) is 5.73 Å². The molecule has 0 atom stereocenters. The van der Waals surface area contributed by atoms with Gasteiger partial charge in [0.25, 0.3) is 0 Å². The molecule has 1 nitrogen and oxygen atoms in total. The molecule has 1 aliphatic carbocycles. The van der Waals surface area contributed by atoms with Crippen LogP contribution in [0.15, 0.2) is 34.7 Å². The molecule has 0 saturated carbocycles. The van der Waals surface area contributed by atoms with E-state index in [4.69, 9.17) is 5.73 Å². The second-order valence-electron chi connectivity index (χ2n) is 2.83. The Hall–Kier alpha value is -0.700. The molecule has 0 spiro atoms. The van der Waals surface area contributed by atoms with Crippen molar-refractivity contribution in [3.8, 4) is 0 Å². The van der Waals surface area contributed by atoms with Gasteiger partial charge < -0.3 is 5.73 Å². The second kappa shape index (κ2) is 5.12. The molecule has 0 radical (unpaired) electrons. The molecule has 0 amide bonds. The number of thioether (sulfide) groups is 1. The molecule has 3 heteroatoms. The Balaban J connectivity index is 2.62. The van der Waals surface area contributed by atoms with Gasteiger partial charge in [0, 0.05) is 12.1 Å². The summed E-state index contributed by atoms with van der Waals surface area (Å²) in [6.45, 7) is 2.07. The molecule has 1 rings (SSSR count). The number of halogens is 1. The minimum Gasteiger partial charge on any atom is -0.398 e. The summed E-state index contributed by atoms with van der Waals surface area (Å²) < 4.78 is 12.6. The minimum atomic E-state index is -0.0558. The van der Waals surface area contributed by atoms with Gasteiger partial charge in [-0.2, -0.15) is 0 Å². The number of hydrogen-bond donors (Lipinski definition) is 1. The number of allylic oxidation sites excluding steroid dienone is 4. The largest absolute Gasteiger partial charge is 0.398 e. The summed E-state index contributed by atoms with van der Waals surface area (Å²) in [7, 11) is 0. The molecule has 0 heterocycles. The van der Waals surface area contributed by atoms with E-state index in [0.717, 1.165) is 23.4 Å². The molecule has 0 unspecified atom stereocenters. The van der Waals surface area contributed by atoms with Crippen molar-refractivity contribution in [2.45, 2.75) is 19.8 Å². The van der Waals surface area contributed by atoms with Crippen LogP contribution in [-0.2, 0) is 0 Å². The van der Waals surface area contributed by atoms with E-state index < -0.39 is 0 Å². The molecule has 0 aromatic rings. The van der Waals surface area contributed by atoms with E-state index in [1.807, 2.05) is 5.41 Å². The topological polar surface area (TPSA) is 26.0 Å². The highest BCUT2D eigenvalue weighted by molar-refractivity contribution is 8.02. The Morgan fingerprint density at radius 1 is 1.62 bits per heavy atom. The van der Waals surface area contributed by atoms with E-state index in [2.05, 4.69) is 6.92 Å². The van der Waals surface area contributed by atoms with Crippen LogP contribution in [-0.4, -0.2) is 5.75 Å². The summed E-state index contributed by atoms with van der Waals surface area (Å²) >= 11 is 1.67. The van der Waals surface area contributed by atoms with Gasteiger partial charge in [0.1, 0.15) is 5.83 Å². The Labute approximate surface area is 82.6 Å². The SMILES string of the molecule is CCS/C=C(\N)C1=CC=C(F)CC1. The Kier molecular flexibility index (Phi) is 4.09. The molecule has 0 bridgehead atoms. The predicted molar refractivity (Wildman–Crippen MR) is 56.9 cm³/mol. The average molecular weight is 199 g/mol. The molecule has 0 aromatic carbocycles. The zero-order valence-electron chi connectivity index (χ0n) is 7.72. The average Bonchev–Trinajstić information content (AvgIpc) is 2.15. The molecule has 0 saturated heterocycles. The van der Waals surface area contributed by atoms with Crippen LogP contribution < -0.4 is 5.73 Å². The Morgan fingerprint density at radius 2 is 2.38 bits per heavy atom. The van der Waals surface area contributed by atoms with E-state index in [1.165, 1.54) is 6.08 Å². The molecule has 2 N–H and O–H groups in total. The van der Waals surface area contributed by atoms with Crippen LogP contribution in [0.1, 0.15) is 19.8 Å². The number of nitrogens with two attached hydrogens (primary N) is 1. The van der Waals surface area contributed by atoms with Crippen LogP contribution in [0.2, 0.25) is 0 Å². The third kappa shape index (κ3) is 3.27. The maximum atomic E-state index is 12.6. The number of rotatable bonds is 3. The first kappa shape index (κ1) is 10.4. The molecule has 1 aliphatic rings. The molecular formula is C10H14FNS. The van der Waals surface area contributed by atoms with Crippen molar-refractivity contribution in [3.05, 3.63) is 34.7 Å². The highest BCUT2D eigenvalue weighted by Gasteiger charge is 2.07. The van der Waals surface area contributed by atoms with Crippen LogP contribution in [0.4, 0.5) is 4.39 Å². The Bertz CT molecular complexity index is 266. The van der Waals surface area contributed by atoms with Gasteiger partial charge in [0.15, 0.2) is 0 Å². The normalized spacial score (nSPS) is 18.2. The van der Waals surface area contributed by atoms with Gasteiger partial charge in [-0.05, 0) is 29.2 Å². The zero-order valence-corrected chi connectivity index (χ0v) is 8.53. The van der Waals surface area contributed by atoms with Gasteiger partial charge in [-0.25, -0.2) is 4.39 Å². The van der Waals surface area contributed by atoms with Crippen molar-refractivity contribution in [2.75, 3.05) is 5.75 Å². The number of hydrogen-bond acceptors (Lipinski definition) is 2. The van der Waals surface area contributed by atoms with E-state index in [1.54, 1.807) is 17.8 Å². The van der Waals surface area contributed by atoms with Crippen LogP contribution in [0.5, 0.6) is 0 Å². The van der Waals surface area contributed by atoms with E-state index in [9.17, 15) is 4.39 Å². The predicted octanol–water partition coefficient (Wildman–Crippen LogP) is 3.11. The van der Waals surface area contributed by atoms with Crippen molar-refractivity contribution < 1.29 is 4.39 Å². The quantitative estimate of drug-likeness (QED) is 0.755. The van der Waals surface area contributed by atoms with Gasteiger partial charge in [-0.15, -0.1) is 11.8 Å². The van der Waals surface area contributed by atoms with Crippen LogP contribution in [0.3, 0.4) is 0 Å². The van der Waals surface area contributed by atoms with Crippen LogP contribution >= 0.6 is 11.8 Å². The minimum absolute atomic E-state index is 0.0558. The summed E-state index contributed by atoms with van der Waals surface area (Å²) in [5.41, 5.74) is 7.62. The fourth-order valence-electron chi connectivity index (χ4n) is 1.10. The summed E-state index contributed by atoms with van der Waals surface area (Å²) in [4.78, 5) is 0. The summed E-state index contributed by atoms with van der Waals surface area (Å²) in [5, 5.41) is 1.93. The second-order valence-corrected chi connectivity index (χ2v) is 3.98. The molecule has 0 aliphatic heterocycles. The van der Waals surface area contributed by atoms with Crippen molar-refractivity contribution in [3.63, 3.8) is 0 Å². The standard InChI is InChI=1S/C10H14FNS/c1-2-13-7-10(12)8-3-5-9(11)6-4-8/h3,5,7H,2,4,6,12H2,1H3/b10-7-. The lowest BCUT2D eigenvalue weighted by Gasteiger charge is -2.10. The van der Waals surface area contributed by atoms with Gasteiger partial charge in [-0.1, -0.05) is 13.0 Å². The molecule has 13 heavy (non-hydrogen) atoms. The van der Waals surface area contributed by atoms with Crippen LogP contribution in [0, 0.1) is 0 Å². The highest BCUT2D eigenvalue weighted by Crippen LogP contribution is 2.23. The van der Waals surface area contributed by atoms with Crippen molar-refractivity contribution >= 4 is 11.8 Å². The van der Waals surface area contributed by atoms with E-state index in [0.29, 0.717) is 6.42 Å². The molecular weight excluding hydrogens is 185 g/mol. The van der Waals surface area contributed by atoms with E-state index in [-0.39, 0.29) is 5.83 Å². The smallest absolute Gasteiger partial charge is 0.100 e. The van der Waals surface area contributed by atoms with E-state index >= 15 is 0 Å². The summed E-state index contributed by atoms with van der Waals surface area (Å²) in [5.74, 6) is 0.956. The molecule has 0 fully saturated rings. The maximum Gasteiger partial charge on any atom is 0.100 e. The third-order valence-electron chi connectivity index (χ3n) is 1.85. The van der Waals surface area contributed by atoms with Crippen LogP contribution in [0.25, 0.3) is 0 Å².